The van der Waals surface area contributed by atoms with E-state index < -0.39 is 12.2 Å². The minimum atomic E-state index is -4.34. The van der Waals surface area contributed by atoms with E-state index in [0.717, 1.165) is 17.5 Å². The number of amides is 1. The minimum absolute atomic E-state index is 0.0233. The van der Waals surface area contributed by atoms with E-state index in [-0.39, 0.29) is 35.6 Å². The van der Waals surface area contributed by atoms with Gasteiger partial charge >= 0.3 is 6.18 Å². The van der Waals surface area contributed by atoms with E-state index >= 15 is 0 Å². The average molecular weight is 400 g/mol. The first-order valence-corrected chi connectivity index (χ1v) is 10.1. The molecule has 5 nitrogen and oxygen atoms in total. The molecule has 1 aromatic heterocycles. The number of alkyl halides is 3. The zero-order valence-electron chi connectivity index (χ0n) is 17.3. The van der Waals surface area contributed by atoms with E-state index in [1.807, 2.05) is 39.5 Å². The molecule has 0 saturated carbocycles. The molecule has 2 aliphatic heterocycles. The van der Waals surface area contributed by atoms with Crippen molar-refractivity contribution in [3.8, 4) is 0 Å². The summed E-state index contributed by atoms with van der Waals surface area (Å²) in [5.41, 5.74) is 0.336. The molecule has 158 valence electrons. The van der Waals surface area contributed by atoms with Crippen LogP contribution in [0.5, 0.6) is 0 Å². The molecular weight excluding hydrogens is 369 g/mol. The maximum Gasteiger partial charge on any atom is 0.410 e. The van der Waals surface area contributed by atoms with Crippen LogP contribution in [0, 0.1) is 11.8 Å². The number of hydrogen-bond acceptors (Lipinski definition) is 3. The van der Waals surface area contributed by atoms with E-state index in [0.29, 0.717) is 24.6 Å². The van der Waals surface area contributed by atoms with Gasteiger partial charge in [-0.3, -0.25) is 4.79 Å². The van der Waals surface area contributed by atoms with Gasteiger partial charge in [0.1, 0.15) is 5.82 Å². The molecule has 0 unspecified atom stereocenters. The Balaban J connectivity index is 1.78. The first-order valence-electron chi connectivity index (χ1n) is 10.1. The molecule has 3 rings (SSSR count). The number of rotatable bonds is 2. The molecule has 0 aromatic carbocycles. The molecular formula is C20H31F3N4O. The summed E-state index contributed by atoms with van der Waals surface area (Å²) in [5, 5.41) is 7.61. The summed E-state index contributed by atoms with van der Waals surface area (Å²) in [6, 6.07) is -0.123. The Morgan fingerprint density at radius 3 is 2.32 bits per heavy atom. The van der Waals surface area contributed by atoms with Crippen LogP contribution < -0.4 is 5.32 Å². The fourth-order valence-electron chi connectivity index (χ4n) is 4.17. The number of nitrogens with zero attached hydrogens (tertiary/aromatic N) is 3. The highest BCUT2D eigenvalue weighted by Gasteiger charge is 2.48. The molecule has 2 atom stereocenters. The molecule has 0 bridgehead atoms. The van der Waals surface area contributed by atoms with Crippen molar-refractivity contribution in [3.63, 3.8) is 0 Å². The molecule has 1 amide bonds. The Morgan fingerprint density at radius 1 is 1.21 bits per heavy atom. The number of nitrogens with one attached hydrogen (secondary N) is 1. The second-order valence-electron chi connectivity index (χ2n) is 9.47. The topological polar surface area (TPSA) is 50.2 Å². The molecule has 1 fully saturated rings. The predicted octanol–water partition coefficient (Wildman–Crippen LogP) is 4.36. The molecule has 28 heavy (non-hydrogen) atoms. The van der Waals surface area contributed by atoms with Gasteiger partial charge in [0, 0.05) is 36.5 Å². The van der Waals surface area contributed by atoms with Gasteiger partial charge < -0.3 is 10.2 Å². The molecule has 1 aromatic rings. The summed E-state index contributed by atoms with van der Waals surface area (Å²) in [4.78, 5) is 14.0. The van der Waals surface area contributed by atoms with Crippen LogP contribution in [-0.4, -0.2) is 45.9 Å². The van der Waals surface area contributed by atoms with Crippen molar-refractivity contribution in [2.75, 3.05) is 18.4 Å². The quantitative estimate of drug-likeness (QED) is 0.802. The lowest BCUT2D eigenvalue weighted by molar-refractivity contribution is -0.174. The van der Waals surface area contributed by atoms with Crippen LogP contribution in [-0.2, 0) is 10.2 Å². The zero-order chi connectivity index (χ0) is 20.9. The first-order chi connectivity index (χ1) is 12.9. The van der Waals surface area contributed by atoms with Gasteiger partial charge in [0.05, 0.1) is 5.69 Å². The van der Waals surface area contributed by atoms with E-state index in [2.05, 4.69) is 10.4 Å². The van der Waals surface area contributed by atoms with Gasteiger partial charge in [-0.2, -0.15) is 18.3 Å². The van der Waals surface area contributed by atoms with Gasteiger partial charge in [-0.05, 0) is 25.2 Å². The Morgan fingerprint density at radius 2 is 1.82 bits per heavy atom. The Bertz CT molecular complexity index is 712. The van der Waals surface area contributed by atoms with Crippen molar-refractivity contribution in [3.05, 3.63) is 11.8 Å². The van der Waals surface area contributed by atoms with Gasteiger partial charge in [0.25, 0.3) is 0 Å². The summed E-state index contributed by atoms with van der Waals surface area (Å²) < 4.78 is 42.5. The Labute approximate surface area is 164 Å². The molecule has 1 N–H and O–H groups in total. The third kappa shape index (κ3) is 4.15. The number of hydrogen-bond donors (Lipinski definition) is 1. The van der Waals surface area contributed by atoms with Crippen molar-refractivity contribution >= 4 is 11.7 Å². The van der Waals surface area contributed by atoms with Crippen LogP contribution in [0.2, 0.25) is 0 Å². The van der Waals surface area contributed by atoms with Crippen LogP contribution in [0.1, 0.15) is 65.6 Å². The number of halogens is 3. The van der Waals surface area contributed by atoms with Crippen LogP contribution in [0.3, 0.4) is 0 Å². The van der Waals surface area contributed by atoms with E-state index in [4.69, 9.17) is 0 Å². The van der Waals surface area contributed by atoms with Crippen molar-refractivity contribution in [1.29, 1.82) is 0 Å². The number of carbonyl (C=O) groups excluding carboxylic acids is 1. The first kappa shape index (κ1) is 21.0. The fraction of sp³-hybridized carbons (Fsp3) is 0.800. The lowest BCUT2D eigenvalue weighted by atomic mass is 9.84. The van der Waals surface area contributed by atoms with E-state index in [9.17, 15) is 18.0 Å². The van der Waals surface area contributed by atoms with Gasteiger partial charge in [-0.15, -0.1) is 0 Å². The van der Waals surface area contributed by atoms with Crippen molar-refractivity contribution in [1.82, 2.24) is 14.7 Å². The molecule has 0 spiro atoms. The molecule has 0 radical (unpaired) electrons. The summed E-state index contributed by atoms with van der Waals surface area (Å²) in [5.74, 6) is 0.632. The zero-order valence-corrected chi connectivity index (χ0v) is 17.3. The number of piperidine rings is 1. The standard InChI is InChI=1S/C20H31F3N4O/c1-12(2)18(28)26-8-6-13(7-9-26)14-10-16(20(21,22)23)27-17(24-14)11-15(25-27)19(3,4)5/h11-14,16,24H,6-10H2,1-5H3/t14-,16+/m0/s1. The van der Waals surface area contributed by atoms with Crippen molar-refractivity contribution < 1.29 is 18.0 Å². The van der Waals surface area contributed by atoms with E-state index in [1.54, 1.807) is 6.07 Å². The van der Waals surface area contributed by atoms with Crippen molar-refractivity contribution in [2.24, 2.45) is 11.8 Å². The SMILES string of the molecule is CC(C)C(=O)N1CCC([C@@H]2C[C@H](C(F)(F)F)n3nc(C(C)(C)C)cc3N2)CC1. The second-order valence-corrected chi connectivity index (χ2v) is 9.47. The third-order valence-electron chi connectivity index (χ3n) is 5.90. The Kier molecular flexibility index (Phi) is 5.44. The number of likely N-dealkylation sites (tertiary alicyclic amines) is 1. The number of aromatic nitrogens is 2. The summed E-state index contributed by atoms with van der Waals surface area (Å²) >= 11 is 0. The number of carbonyl (C=O) groups is 1. The molecule has 0 aliphatic carbocycles. The smallest absolute Gasteiger partial charge is 0.367 e. The molecule has 2 aliphatic rings. The van der Waals surface area contributed by atoms with E-state index in [1.165, 1.54) is 0 Å². The Hall–Kier alpha value is -1.73. The van der Waals surface area contributed by atoms with Gasteiger partial charge in [0.2, 0.25) is 5.91 Å². The van der Waals surface area contributed by atoms with Crippen LogP contribution in [0.15, 0.2) is 6.07 Å². The second kappa shape index (κ2) is 7.26. The predicted molar refractivity (Wildman–Crippen MR) is 102 cm³/mol. The highest BCUT2D eigenvalue weighted by atomic mass is 19.4. The average Bonchev–Trinajstić information content (AvgIpc) is 3.03. The van der Waals surface area contributed by atoms with Crippen LogP contribution >= 0.6 is 0 Å². The maximum absolute atomic E-state index is 13.8. The minimum Gasteiger partial charge on any atom is -0.367 e. The molecule has 8 heteroatoms. The summed E-state index contributed by atoms with van der Waals surface area (Å²) in [6.07, 6.45) is -2.92. The molecule has 1 saturated heterocycles. The van der Waals surface area contributed by atoms with Crippen LogP contribution in [0.25, 0.3) is 0 Å². The van der Waals surface area contributed by atoms with Gasteiger partial charge in [0.15, 0.2) is 6.04 Å². The number of anilines is 1. The highest BCUT2D eigenvalue weighted by molar-refractivity contribution is 5.78. The van der Waals surface area contributed by atoms with Crippen molar-refractivity contribution in [2.45, 2.75) is 77.6 Å². The summed E-state index contributed by atoms with van der Waals surface area (Å²) in [6.45, 7) is 10.8. The maximum atomic E-state index is 13.8. The lowest BCUT2D eigenvalue weighted by Crippen LogP contribution is -2.47. The molecule has 3 heterocycles. The fourth-order valence-corrected chi connectivity index (χ4v) is 4.17. The third-order valence-corrected chi connectivity index (χ3v) is 5.90. The van der Waals surface area contributed by atoms with Crippen LogP contribution in [0.4, 0.5) is 19.0 Å². The van der Waals surface area contributed by atoms with Gasteiger partial charge in [-0.25, -0.2) is 4.68 Å². The monoisotopic (exact) mass is 400 g/mol. The lowest BCUT2D eigenvalue weighted by Gasteiger charge is -2.41. The largest absolute Gasteiger partial charge is 0.410 e. The summed E-state index contributed by atoms with van der Waals surface area (Å²) in [7, 11) is 0. The number of fused-ring (bicyclic) bond motifs is 1. The van der Waals surface area contributed by atoms with Gasteiger partial charge in [-0.1, -0.05) is 34.6 Å². The normalized spacial score (nSPS) is 24.2. The highest BCUT2D eigenvalue weighted by Crippen LogP contribution is 2.43.